The number of nitrogens with one attached hydrogen (secondary N) is 1. The van der Waals surface area contributed by atoms with Crippen LogP contribution in [0.25, 0.3) is 0 Å². The summed E-state index contributed by atoms with van der Waals surface area (Å²) in [5, 5.41) is 3.62. The van der Waals surface area contributed by atoms with Gasteiger partial charge < -0.3 is 14.6 Å². The lowest BCUT2D eigenvalue weighted by Crippen LogP contribution is -2.15. The molecule has 0 bridgehead atoms. The Morgan fingerprint density at radius 2 is 1.87 bits per heavy atom. The molecule has 3 rings (SSSR count). The number of aryl methyl sites for hydroxylation is 1. The molecule has 30 heavy (non-hydrogen) atoms. The number of benzene rings is 1. The Hall–Kier alpha value is -2.86. The van der Waals surface area contributed by atoms with E-state index in [-0.39, 0.29) is 5.43 Å². The molecule has 0 saturated carbocycles. The van der Waals surface area contributed by atoms with Gasteiger partial charge in [0.2, 0.25) is 11.4 Å². The van der Waals surface area contributed by atoms with Crippen molar-refractivity contribution in [2.45, 2.75) is 45.8 Å². The van der Waals surface area contributed by atoms with Gasteiger partial charge >= 0.3 is 0 Å². The molecule has 0 aliphatic heterocycles. The van der Waals surface area contributed by atoms with Crippen molar-refractivity contribution in [3.8, 4) is 5.75 Å². The van der Waals surface area contributed by atoms with E-state index in [0.29, 0.717) is 23.5 Å². The van der Waals surface area contributed by atoms with E-state index in [1.54, 1.807) is 18.3 Å². The molecule has 0 fully saturated rings. The van der Waals surface area contributed by atoms with Crippen molar-refractivity contribution in [1.82, 2.24) is 14.5 Å². The molecule has 0 aliphatic carbocycles. The van der Waals surface area contributed by atoms with Crippen LogP contribution in [0.1, 0.15) is 36.9 Å². The Balaban J connectivity index is 1.41. The maximum atomic E-state index is 12.2. The summed E-state index contributed by atoms with van der Waals surface area (Å²) in [7, 11) is 0. The van der Waals surface area contributed by atoms with Gasteiger partial charge in [-0.3, -0.25) is 4.79 Å². The highest BCUT2D eigenvalue weighted by atomic mass is 35.5. The van der Waals surface area contributed by atoms with Crippen molar-refractivity contribution >= 4 is 17.5 Å². The van der Waals surface area contributed by atoms with E-state index in [9.17, 15) is 4.79 Å². The Labute approximate surface area is 181 Å². The van der Waals surface area contributed by atoms with Crippen LogP contribution in [0.5, 0.6) is 5.75 Å². The van der Waals surface area contributed by atoms with E-state index < -0.39 is 0 Å². The number of halogens is 1. The van der Waals surface area contributed by atoms with Crippen LogP contribution in [-0.4, -0.2) is 21.1 Å². The molecule has 0 radical (unpaired) electrons. The van der Waals surface area contributed by atoms with Gasteiger partial charge in [-0.2, -0.15) is 0 Å². The summed E-state index contributed by atoms with van der Waals surface area (Å²) >= 11 is 5.85. The first-order valence-electron chi connectivity index (χ1n) is 10.2. The molecule has 1 N–H and O–H groups in total. The highest BCUT2D eigenvalue weighted by molar-refractivity contribution is 6.29. The van der Waals surface area contributed by atoms with Crippen LogP contribution in [0.15, 0.2) is 59.7 Å². The lowest BCUT2D eigenvalue weighted by molar-refractivity contribution is 0.296. The quantitative estimate of drug-likeness (QED) is 0.350. The molecule has 0 atom stereocenters. The molecule has 0 aliphatic rings. The van der Waals surface area contributed by atoms with Crippen molar-refractivity contribution in [3.05, 3.63) is 81.5 Å². The summed E-state index contributed by atoms with van der Waals surface area (Å²) in [4.78, 5) is 20.5. The number of anilines is 1. The van der Waals surface area contributed by atoms with Gasteiger partial charge in [-0.05, 0) is 31.4 Å². The maximum absolute atomic E-state index is 12.2. The van der Waals surface area contributed by atoms with Crippen LogP contribution >= 0.6 is 11.6 Å². The van der Waals surface area contributed by atoms with Gasteiger partial charge in [0.1, 0.15) is 11.8 Å². The smallest absolute Gasteiger partial charge is 0.224 e. The molecule has 7 heteroatoms. The topological polar surface area (TPSA) is 69.0 Å². The molecule has 0 unspecified atom stereocenters. The van der Waals surface area contributed by atoms with E-state index in [0.717, 1.165) is 50.0 Å². The van der Waals surface area contributed by atoms with E-state index in [1.807, 2.05) is 43.5 Å². The minimum atomic E-state index is -0.0750. The second kappa shape index (κ2) is 11.4. The van der Waals surface area contributed by atoms with Gasteiger partial charge in [0.05, 0.1) is 5.69 Å². The van der Waals surface area contributed by atoms with Gasteiger partial charge in [-0.25, -0.2) is 9.97 Å². The molecule has 3 aromatic rings. The minimum absolute atomic E-state index is 0.0750. The number of hydrogen-bond donors (Lipinski definition) is 1. The first kappa shape index (κ1) is 21.8. The zero-order chi connectivity index (χ0) is 21.2. The fourth-order valence-electron chi connectivity index (χ4n) is 3.18. The standard InChI is InChI=1S/C23H27ClN4O2/c1-18-22(30-17-19-9-5-4-6-10-19)20(29)12-16-28(18)15-8-3-2-7-13-25-23-26-14-11-21(24)27-23/h4-6,9-12,14,16H,2-3,7-8,13,15,17H2,1H3,(H,25,26,27). The summed E-state index contributed by atoms with van der Waals surface area (Å²) in [6, 6.07) is 13.1. The van der Waals surface area contributed by atoms with Crippen molar-refractivity contribution < 1.29 is 4.74 Å². The van der Waals surface area contributed by atoms with Gasteiger partial charge in [-0.15, -0.1) is 0 Å². The fraction of sp³-hybridized carbons (Fsp3) is 0.348. The monoisotopic (exact) mass is 426 g/mol. The van der Waals surface area contributed by atoms with Crippen molar-refractivity contribution in [3.63, 3.8) is 0 Å². The Kier molecular flexibility index (Phi) is 8.27. The largest absolute Gasteiger partial charge is 0.483 e. The van der Waals surface area contributed by atoms with E-state index in [2.05, 4.69) is 19.9 Å². The van der Waals surface area contributed by atoms with E-state index in [1.165, 1.54) is 0 Å². The third-order valence-electron chi connectivity index (χ3n) is 4.85. The molecule has 0 amide bonds. The first-order chi connectivity index (χ1) is 14.6. The normalized spacial score (nSPS) is 10.7. The minimum Gasteiger partial charge on any atom is -0.483 e. The average Bonchev–Trinajstić information content (AvgIpc) is 2.75. The summed E-state index contributed by atoms with van der Waals surface area (Å²) in [6.07, 6.45) is 7.77. The predicted octanol–water partition coefficient (Wildman–Crippen LogP) is 4.85. The number of aromatic nitrogens is 3. The highest BCUT2D eigenvalue weighted by Crippen LogP contribution is 2.15. The van der Waals surface area contributed by atoms with Crippen LogP contribution in [0.3, 0.4) is 0 Å². The molecule has 2 heterocycles. The SMILES string of the molecule is Cc1c(OCc2ccccc2)c(=O)ccn1CCCCCCNc1nccc(Cl)n1. The van der Waals surface area contributed by atoms with Crippen LogP contribution in [0.4, 0.5) is 5.95 Å². The second-order valence-corrected chi connectivity index (χ2v) is 7.49. The number of rotatable bonds is 11. The van der Waals surface area contributed by atoms with Crippen molar-refractivity contribution in [2.24, 2.45) is 0 Å². The Morgan fingerprint density at radius 1 is 1.07 bits per heavy atom. The molecule has 1 aromatic carbocycles. The second-order valence-electron chi connectivity index (χ2n) is 7.11. The Morgan fingerprint density at radius 3 is 2.67 bits per heavy atom. The molecule has 2 aromatic heterocycles. The van der Waals surface area contributed by atoms with Crippen LogP contribution < -0.4 is 15.5 Å². The van der Waals surface area contributed by atoms with E-state index in [4.69, 9.17) is 16.3 Å². The number of pyridine rings is 1. The van der Waals surface area contributed by atoms with Gasteiger partial charge in [0, 0.05) is 31.5 Å². The number of ether oxygens (including phenoxy) is 1. The summed E-state index contributed by atoms with van der Waals surface area (Å²) in [6.45, 7) is 4.01. The van der Waals surface area contributed by atoms with Crippen molar-refractivity contribution in [1.29, 1.82) is 0 Å². The summed E-state index contributed by atoms with van der Waals surface area (Å²) < 4.78 is 7.94. The van der Waals surface area contributed by atoms with Gasteiger partial charge in [0.15, 0.2) is 5.75 Å². The lowest BCUT2D eigenvalue weighted by Gasteiger charge is -2.15. The van der Waals surface area contributed by atoms with E-state index >= 15 is 0 Å². The third kappa shape index (κ3) is 6.59. The average molecular weight is 427 g/mol. The lowest BCUT2D eigenvalue weighted by atomic mass is 10.2. The number of unbranched alkanes of at least 4 members (excludes halogenated alkanes) is 3. The number of hydrogen-bond acceptors (Lipinski definition) is 5. The predicted molar refractivity (Wildman–Crippen MR) is 120 cm³/mol. The van der Waals surface area contributed by atoms with Crippen LogP contribution in [0, 0.1) is 6.92 Å². The molecular weight excluding hydrogens is 400 g/mol. The molecule has 158 valence electrons. The molecular formula is C23H27ClN4O2. The molecule has 6 nitrogen and oxygen atoms in total. The van der Waals surface area contributed by atoms with Crippen LogP contribution in [0.2, 0.25) is 5.15 Å². The Bertz CT molecular complexity index is 992. The first-order valence-corrected chi connectivity index (χ1v) is 10.6. The maximum Gasteiger partial charge on any atom is 0.224 e. The zero-order valence-corrected chi connectivity index (χ0v) is 17.9. The zero-order valence-electron chi connectivity index (χ0n) is 17.2. The molecule has 0 spiro atoms. The fourth-order valence-corrected chi connectivity index (χ4v) is 3.32. The summed E-state index contributed by atoms with van der Waals surface area (Å²) in [5.74, 6) is 1.00. The number of nitrogens with zero attached hydrogens (tertiary/aromatic N) is 3. The highest BCUT2D eigenvalue weighted by Gasteiger charge is 2.09. The van der Waals surface area contributed by atoms with Crippen LogP contribution in [-0.2, 0) is 13.2 Å². The summed E-state index contributed by atoms with van der Waals surface area (Å²) in [5.41, 5.74) is 1.84. The van der Waals surface area contributed by atoms with Gasteiger partial charge in [0.25, 0.3) is 0 Å². The van der Waals surface area contributed by atoms with Gasteiger partial charge in [-0.1, -0.05) is 54.8 Å². The molecule has 0 saturated heterocycles. The van der Waals surface area contributed by atoms with Crippen molar-refractivity contribution in [2.75, 3.05) is 11.9 Å². The third-order valence-corrected chi connectivity index (χ3v) is 5.06.